The molecule has 0 amide bonds. The molecule has 6 nitrogen and oxygen atoms in total. The average Bonchev–Trinajstić information content (AvgIpc) is 2.89. The van der Waals surface area contributed by atoms with Crippen molar-refractivity contribution in [2.24, 2.45) is 0 Å². The van der Waals surface area contributed by atoms with Crippen LogP contribution in [0.25, 0.3) is 0 Å². The molecule has 0 aliphatic heterocycles. The first kappa shape index (κ1) is 13.3. The van der Waals surface area contributed by atoms with Crippen LogP contribution in [0.3, 0.4) is 0 Å². The van der Waals surface area contributed by atoms with Crippen molar-refractivity contribution in [1.82, 2.24) is 15.1 Å². The van der Waals surface area contributed by atoms with E-state index in [9.17, 15) is 0 Å². The quantitative estimate of drug-likeness (QED) is 0.893. The summed E-state index contributed by atoms with van der Waals surface area (Å²) < 4.78 is 10.2. The maximum absolute atomic E-state index is 5.24. The third kappa shape index (κ3) is 3.21. The maximum Gasteiger partial charge on any atom is 0.248 e. The third-order valence-corrected chi connectivity index (χ3v) is 2.67. The molecular weight excluding hydrogens is 244 g/mol. The van der Waals surface area contributed by atoms with E-state index in [1.807, 2.05) is 26.8 Å². The summed E-state index contributed by atoms with van der Waals surface area (Å²) in [4.78, 5) is 8.48. The van der Waals surface area contributed by atoms with Crippen LogP contribution in [-0.2, 0) is 0 Å². The standard InChI is InChI=1S/C13H18N4O2/c1-8(2)12-16-13(19-17-12)9(3)15-10-5-6-11(18-4)14-7-10/h5-9,15H,1-4H3/t9-/m1/s1. The zero-order chi connectivity index (χ0) is 13.8. The first-order valence-corrected chi connectivity index (χ1v) is 6.20. The molecule has 19 heavy (non-hydrogen) atoms. The summed E-state index contributed by atoms with van der Waals surface area (Å²) in [7, 11) is 1.59. The van der Waals surface area contributed by atoms with Crippen molar-refractivity contribution in [3.63, 3.8) is 0 Å². The van der Waals surface area contributed by atoms with Gasteiger partial charge in [-0.3, -0.25) is 0 Å². The summed E-state index contributed by atoms with van der Waals surface area (Å²) in [6.45, 7) is 6.02. The Labute approximate surface area is 112 Å². The number of aromatic nitrogens is 3. The average molecular weight is 262 g/mol. The molecule has 2 heterocycles. The van der Waals surface area contributed by atoms with Crippen LogP contribution in [0.5, 0.6) is 5.88 Å². The summed E-state index contributed by atoms with van der Waals surface area (Å²) in [5, 5.41) is 7.19. The molecule has 102 valence electrons. The summed E-state index contributed by atoms with van der Waals surface area (Å²) >= 11 is 0. The highest BCUT2D eigenvalue weighted by atomic mass is 16.5. The Morgan fingerprint density at radius 3 is 2.58 bits per heavy atom. The highest BCUT2D eigenvalue weighted by molar-refractivity contribution is 5.43. The maximum atomic E-state index is 5.24. The summed E-state index contributed by atoms with van der Waals surface area (Å²) in [6.07, 6.45) is 1.70. The van der Waals surface area contributed by atoms with Crippen molar-refractivity contribution < 1.29 is 9.26 Å². The fraction of sp³-hybridized carbons (Fsp3) is 0.462. The second kappa shape index (κ2) is 5.69. The van der Waals surface area contributed by atoms with E-state index in [1.165, 1.54) is 0 Å². The lowest BCUT2D eigenvalue weighted by Gasteiger charge is -2.10. The van der Waals surface area contributed by atoms with Crippen molar-refractivity contribution in [2.75, 3.05) is 12.4 Å². The number of anilines is 1. The lowest BCUT2D eigenvalue weighted by molar-refractivity contribution is 0.361. The Hall–Kier alpha value is -2.11. The lowest BCUT2D eigenvalue weighted by atomic mass is 10.2. The van der Waals surface area contributed by atoms with Crippen LogP contribution in [0.15, 0.2) is 22.9 Å². The monoisotopic (exact) mass is 262 g/mol. The van der Waals surface area contributed by atoms with E-state index < -0.39 is 0 Å². The molecule has 0 aromatic carbocycles. The molecule has 0 saturated heterocycles. The topological polar surface area (TPSA) is 73.1 Å². The molecule has 0 radical (unpaired) electrons. The van der Waals surface area contributed by atoms with E-state index >= 15 is 0 Å². The Kier molecular flexibility index (Phi) is 3.99. The van der Waals surface area contributed by atoms with Gasteiger partial charge in [0.15, 0.2) is 5.82 Å². The predicted octanol–water partition coefficient (Wildman–Crippen LogP) is 2.77. The van der Waals surface area contributed by atoms with Gasteiger partial charge in [0.1, 0.15) is 6.04 Å². The van der Waals surface area contributed by atoms with Crippen molar-refractivity contribution >= 4 is 5.69 Å². The largest absolute Gasteiger partial charge is 0.481 e. The number of pyridine rings is 1. The minimum atomic E-state index is -0.0739. The Bertz CT molecular complexity index is 522. The van der Waals surface area contributed by atoms with Gasteiger partial charge in [-0.1, -0.05) is 19.0 Å². The number of nitrogens with one attached hydrogen (secondary N) is 1. The number of rotatable bonds is 5. The fourth-order valence-electron chi connectivity index (χ4n) is 1.56. The molecule has 2 aromatic heterocycles. The smallest absolute Gasteiger partial charge is 0.248 e. The second-order valence-corrected chi connectivity index (χ2v) is 4.60. The number of hydrogen-bond donors (Lipinski definition) is 1. The van der Waals surface area contributed by atoms with Gasteiger partial charge < -0.3 is 14.6 Å². The Morgan fingerprint density at radius 2 is 2.05 bits per heavy atom. The molecule has 1 atom stereocenters. The van der Waals surface area contributed by atoms with Gasteiger partial charge in [0.25, 0.3) is 0 Å². The normalized spacial score (nSPS) is 12.5. The molecular formula is C13H18N4O2. The van der Waals surface area contributed by atoms with Gasteiger partial charge >= 0.3 is 0 Å². The van der Waals surface area contributed by atoms with Crippen LogP contribution in [0.1, 0.15) is 44.4 Å². The van der Waals surface area contributed by atoms with Crippen LogP contribution in [0.4, 0.5) is 5.69 Å². The Balaban J connectivity index is 2.04. The van der Waals surface area contributed by atoms with Crippen LogP contribution in [0.2, 0.25) is 0 Å². The molecule has 0 fully saturated rings. The predicted molar refractivity (Wildman–Crippen MR) is 71.2 cm³/mol. The lowest BCUT2D eigenvalue weighted by Crippen LogP contribution is -2.07. The Morgan fingerprint density at radius 1 is 1.26 bits per heavy atom. The fourth-order valence-corrected chi connectivity index (χ4v) is 1.56. The summed E-state index contributed by atoms with van der Waals surface area (Å²) in [5.41, 5.74) is 0.873. The van der Waals surface area contributed by atoms with Crippen LogP contribution in [0, 0.1) is 0 Å². The second-order valence-electron chi connectivity index (χ2n) is 4.60. The molecule has 0 bridgehead atoms. The molecule has 1 N–H and O–H groups in total. The van der Waals surface area contributed by atoms with Gasteiger partial charge in [0, 0.05) is 12.0 Å². The first-order valence-electron chi connectivity index (χ1n) is 6.20. The van der Waals surface area contributed by atoms with Crippen LogP contribution >= 0.6 is 0 Å². The first-order chi connectivity index (χ1) is 9.10. The van der Waals surface area contributed by atoms with E-state index in [2.05, 4.69) is 20.4 Å². The van der Waals surface area contributed by atoms with Crippen molar-refractivity contribution in [3.8, 4) is 5.88 Å². The molecule has 0 unspecified atom stereocenters. The zero-order valence-corrected chi connectivity index (χ0v) is 11.5. The minimum Gasteiger partial charge on any atom is -0.481 e. The summed E-state index contributed by atoms with van der Waals surface area (Å²) in [6, 6.07) is 3.61. The van der Waals surface area contributed by atoms with Gasteiger partial charge in [-0.15, -0.1) is 0 Å². The van der Waals surface area contributed by atoms with E-state index in [-0.39, 0.29) is 12.0 Å². The molecule has 0 saturated carbocycles. The number of nitrogens with zero attached hydrogens (tertiary/aromatic N) is 3. The molecule has 6 heteroatoms. The SMILES string of the molecule is COc1ccc(N[C@H](C)c2nc(C(C)C)no2)cn1. The molecule has 2 rings (SSSR count). The summed E-state index contributed by atoms with van der Waals surface area (Å²) in [5.74, 6) is 2.13. The van der Waals surface area contributed by atoms with Gasteiger partial charge in [0.05, 0.1) is 19.0 Å². The molecule has 0 aliphatic rings. The van der Waals surface area contributed by atoms with Gasteiger partial charge in [0.2, 0.25) is 11.8 Å². The van der Waals surface area contributed by atoms with E-state index in [4.69, 9.17) is 9.26 Å². The minimum absolute atomic E-state index is 0.0739. The van der Waals surface area contributed by atoms with E-state index in [0.717, 1.165) is 11.5 Å². The van der Waals surface area contributed by atoms with E-state index in [0.29, 0.717) is 11.8 Å². The van der Waals surface area contributed by atoms with E-state index in [1.54, 1.807) is 19.4 Å². The van der Waals surface area contributed by atoms with Crippen LogP contribution in [-0.4, -0.2) is 22.2 Å². The highest BCUT2D eigenvalue weighted by Crippen LogP contribution is 2.20. The van der Waals surface area contributed by atoms with Crippen molar-refractivity contribution in [2.45, 2.75) is 32.7 Å². The van der Waals surface area contributed by atoms with Gasteiger partial charge in [-0.2, -0.15) is 4.98 Å². The number of ether oxygens (including phenoxy) is 1. The molecule has 2 aromatic rings. The van der Waals surface area contributed by atoms with Crippen LogP contribution < -0.4 is 10.1 Å². The highest BCUT2D eigenvalue weighted by Gasteiger charge is 2.15. The third-order valence-electron chi connectivity index (χ3n) is 2.67. The van der Waals surface area contributed by atoms with Gasteiger partial charge in [-0.05, 0) is 13.0 Å². The number of hydrogen-bond acceptors (Lipinski definition) is 6. The van der Waals surface area contributed by atoms with Crippen molar-refractivity contribution in [3.05, 3.63) is 30.0 Å². The van der Waals surface area contributed by atoms with Crippen molar-refractivity contribution in [1.29, 1.82) is 0 Å². The zero-order valence-electron chi connectivity index (χ0n) is 11.5. The van der Waals surface area contributed by atoms with Gasteiger partial charge in [-0.25, -0.2) is 4.98 Å². The molecule has 0 aliphatic carbocycles. The number of methoxy groups -OCH3 is 1. The molecule has 0 spiro atoms.